The number of pyridine rings is 1. The van der Waals surface area contributed by atoms with Crippen LogP contribution in [0.1, 0.15) is 43.2 Å². The van der Waals surface area contributed by atoms with E-state index in [1.807, 2.05) is 4.90 Å². The van der Waals surface area contributed by atoms with Gasteiger partial charge in [0.2, 0.25) is 0 Å². The Hall–Kier alpha value is -3.54. The fraction of sp³-hybridized carbons (Fsp3) is 0.308. The Bertz CT molecular complexity index is 1550. The van der Waals surface area contributed by atoms with Gasteiger partial charge < -0.3 is 10.2 Å². The second-order valence-electron chi connectivity index (χ2n) is 9.66. The first-order chi connectivity index (χ1) is 18.0. The second kappa shape index (κ2) is 8.75. The number of piperidine rings is 1. The SMILES string of the molecule is O=S1(=O)N=C(Nc2cc(F)c(N3C4CCCC3CC4)c(F)c2)c2ccc(-c3ncccc3C(F)(F)F)cc21. The largest absolute Gasteiger partial charge is 0.418 e. The van der Waals surface area contributed by atoms with Crippen LogP contribution in [0, 0.1) is 11.6 Å². The summed E-state index contributed by atoms with van der Waals surface area (Å²) in [7, 11) is -4.28. The highest BCUT2D eigenvalue weighted by Crippen LogP contribution is 2.42. The summed E-state index contributed by atoms with van der Waals surface area (Å²) in [6.45, 7) is 0. The van der Waals surface area contributed by atoms with Gasteiger partial charge in [-0.15, -0.1) is 4.40 Å². The summed E-state index contributed by atoms with van der Waals surface area (Å²) in [5, 5.41) is 2.67. The number of fused-ring (bicyclic) bond motifs is 3. The summed E-state index contributed by atoms with van der Waals surface area (Å²) in [5.41, 5.74) is -1.55. The van der Waals surface area contributed by atoms with Crippen molar-refractivity contribution in [3.05, 3.63) is 71.4 Å². The molecular weight excluding hydrogens is 527 g/mol. The Labute approximate surface area is 215 Å². The zero-order valence-electron chi connectivity index (χ0n) is 19.8. The molecule has 0 aliphatic carbocycles. The molecule has 2 aromatic carbocycles. The fourth-order valence-electron chi connectivity index (χ4n) is 5.75. The lowest BCUT2D eigenvalue weighted by Crippen LogP contribution is -2.40. The molecule has 3 aliphatic heterocycles. The molecule has 38 heavy (non-hydrogen) atoms. The number of halogens is 5. The van der Waals surface area contributed by atoms with Crippen LogP contribution in [0.15, 0.2) is 58.0 Å². The molecule has 6 nitrogen and oxygen atoms in total. The lowest BCUT2D eigenvalue weighted by Gasteiger charge is -2.37. The molecule has 3 aromatic rings. The van der Waals surface area contributed by atoms with Crippen molar-refractivity contribution in [1.29, 1.82) is 0 Å². The first-order valence-corrected chi connectivity index (χ1v) is 13.5. The lowest BCUT2D eigenvalue weighted by atomic mass is 10.0. The third-order valence-electron chi connectivity index (χ3n) is 7.35. The average Bonchev–Trinajstić information content (AvgIpc) is 3.23. The van der Waals surface area contributed by atoms with Crippen LogP contribution < -0.4 is 10.2 Å². The number of anilines is 2. The third kappa shape index (κ3) is 4.11. The van der Waals surface area contributed by atoms with Crippen molar-refractivity contribution in [2.45, 2.75) is 55.3 Å². The number of hydrogen-bond acceptors (Lipinski definition) is 5. The minimum Gasteiger partial charge on any atom is -0.361 e. The first kappa shape index (κ1) is 24.8. The molecule has 4 heterocycles. The van der Waals surface area contributed by atoms with E-state index in [1.165, 1.54) is 18.3 Å². The number of rotatable bonds is 3. The van der Waals surface area contributed by atoms with E-state index in [0.29, 0.717) is 0 Å². The quantitative estimate of drug-likeness (QED) is 0.399. The van der Waals surface area contributed by atoms with Gasteiger partial charge in [0.1, 0.15) is 10.6 Å². The highest BCUT2D eigenvalue weighted by atomic mass is 32.2. The molecule has 2 unspecified atom stereocenters. The van der Waals surface area contributed by atoms with Gasteiger partial charge in [-0.05, 0) is 68.5 Å². The van der Waals surface area contributed by atoms with E-state index in [-0.39, 0.29) is 45.3 Å². The molecule has 0 radical (unpaired) electrons. The number of nitrogens with one attached hydrogen (secondary N) is 1. The number of amidine groups is 1. The molecule has 6 rings (SSSR count). The Morgan fingerprint density at radius 1 is 0.947 bits per heavy atom. The maximum Gasteiger partial charge on any atom is 0.418 e. The van der Waals surface area contributed by atoms with Crippen LogP contribution in [-0.4, -0.2) is 31.3 Å². The van der Waals surface area contributed by atoms with Gasteiger partial charge in [0.15, 0.2) is 17.5 Å². The van der Waals surface area contributed by atoms with E-state index in [2.05, 4.69) is 14.7 Å². The van der Waals surface area contributed by atoms with Crippen molar-refractivity contribution in [3.8, 4) is 11.3 Å². The topological polar surface area (TPSA) is 74.7 Å². The smallest absolute Gasteiger partial charge is 0.361 e. The lowest BCUT2D eigenvalue weighted by molar-refractivity contribution is -0.137. The van der Waals surface area contributed by atoms with Crippen molar-refractivity contribution < 1.29 is 30.4 Å². The molecule has 0 saturated carbocycles. The van der Waals surface area contributed by atoms with Gasteiger partial charge in [0, 0.05) is 35.1 Å². The molecule has 2 bridgehead atoms. The van der Waals surface area contributed by atoms with Crippen molar-refractivity contribution in [1.82, 2.24) is 4.98 Å². The van der Waals surface area contributed by atoms with Crippen LogP contribution in [0.5, 0.6) is 0 Å². The Morgan fingerprint density at radius 3 is 2.29 bits per heavy atom. The molecule has 2 atom stereocenters. The molecule has 0 amide bonds. The highest BCUT2D eigenvalue weighted by molar-refractivity contribution is 7.90. The summed E-state index contributed by atoms with van der Waals surface area (Å²) in [6.07, 6.45) is 1.05. The molecule has 1 N–H and O–H groups in total. The Kier molecular flexibility index (Phi) is 5.71. The molecule has 2 fully saturated rings. The molecule has 198 valence electrons. The van der Waals surface area contributed by atoms with Gasteiger partial charge in [-0.25, -0.2) is 8.78 Å². The summed E-state index contributed by atoms with van der Waals surface area (Å²) in [6, 6.07) is 8.04. The van der Waals surface area contributed by atoms with Crippen LogP contribution in [0.2, 0.25) is 0 Å². The van der Waals surface area contributed by atoms with Crippen LogP contribution in [-0.2, 0) is 16.2 Å². The summed E-state index contributed by atoms with van der Waals surface area (Å²) in [4.78, 5) is 5.30. The van der Waals surface area contributed by atoms with Crippen LogP contribution in [0.3, 0.4) is 0 Å². The number of sulfonamides is 1. The van der Waals surface area contributed by atoms with Crippen molar-refractivity contribution in [2.75, 3.05) is 10.2 Å². The number of aromatic nitrogens is 1. The van der Waals surface area contributed by atoms with Gasteiger partial charge in [-0.2, -0.15) is 21.6 Å². The molecule has 12 heteroatoms. The van der Waals surface area contributed by atoms with E-state index in [0.717, 1.165) is 62.4 Å². The molecule has 1 aromatic heterocycles. The average molecular weight is 549 g/mol. The first-order valence-electron chi connectivity index (χ1n) is 12.1. The minimum absolute atomic E-state index is 0.0388. The Morgan fingerprint density at radius 2 is 1.63 bits per heavy atom. The zero-order valence-corrected chi connectivity index (χ0v) is 20.6. The minimum atomic E-state index is -4.70. The maximum atomic E-state index is 15.2. The zero-order chi connectivity index (χ0) is 26.8. The summed E-state index contributed by atoms with van der Waals surface area (Å²) < 4.78 is 100.0. The van der Waals surface area contributed by atoms with Gasteiger partial charge >= 0.3 is 6.18 Å². The predicted molar refractivity (Wildman–Crippen MR) is 132 cm³/mol. The highest BCUT2D eigenvalue weighted by Gasteiger charge is 2.39. The number of benzene rings is 2. The summed E-state index contributed by atoms with van der Waals surface area (Å²) in [5.74, 6) is -1.72. The fourth-order valence-corrected chi connectivity index (χ4v) is 6.96. The van der Waals surface area contributed by atoms with Gasteiger partial charge in [0.25, 0.3) is 10.0 Å². The normalized spacial score (nSPS) is 21.8. The Balaban J connectivity index is 1.33. The monoisotopic (exact) mass is 548 g/mol. The van der Waals surface area contributed by atoms with Gasteiger partial charge in [-0.1, -0.05) is 6.07 Å². The molecular formula is C26H21F5N4O2S. The van der Waals surface area contributed by atoms with E-state index in [1.54, 1.807) is 0 Å². The molecule has 0 spiro atoms. The molecule has 2 saturated heterocycles. The number of alkyl halides is 3. The number of hydrogen-bond donors (Lipinski definition) is 1. The maximum absolute atomic E-state index is 15.2. The summed E-state index contributed by atoms with van der Waals surface area (Å²) >= 11 is 0. The second-order valence-corrected chi connectivity index (χ2v) is 11.2. The van der Waals surface area contributed by atoms with Gasteiger partial charge in [0.05, 0.1) is 11.3 Å². The number of nitrogens with zero attached hydrogens (tertiary/aromatic N) is 3. The third-order valence-corrected chi connectivity index (χ3v) is 8.66. The van der Waals surface area contributed by atoms with Gasteiger partial charge in [-0.3, -0.25) is 4.98 Å². The van der Waals surface area contributed by atoms with E-state index in [9.17, 15) is 21.6 Å². The van der Waals surface area contributed by atoms with E-state index < -0.39 is 39.1 Å². The van der Waals surface area contributed by atoms with E-state index in [4.69, 9.17) is 0 Å². The predicted octanol–water partition coefficient (Wildman–Crippen LogP) is 6.13. The molecule has 3 aliphatic rings. The van der Waals surface area contributed by atoms with E-state index >= 15 is 8.78 Å². The van der Waals surface area contributed by atoms with Crippen molar-refractivity contribution in [3.63, 3.8) is 0 Å². The van der Waals surface area contributed by atoms with Crippen molar-refractivity contribution in [2.24, 2.45) is 4.40 Å². The van der Waals surface area contributed by atoms with Crippen LogP contribution >= 0.6 is 0 Å². The van der Waals surface area contributed by atoms with Crippen LogP contribution in [0.25, 0.3) is 11.3 Å². The van der Waals surface area contributed by atoms with Crippen molar-refractivity contribution >= 4 is 27.2 Å². The standard InChI is InChI=1S/C26H21F5N4O2S/c27-20-12-15(13-21(28)24(20)35-16-3-1-4-17(35)8-7-16)33-25-18-9-6-14(11-22(18)38(36,37)34-25)23-19(26(29,30)31)5-2-10-32-23/h2,5-6,9-13,16-17H,1,3-4,7-8H2,(H,33,34). The van der Waals surface area contributed by atoms with Crippen LogP contribution in [0.4, 0.5) is 33.3 Å².